The van der Waals surface area contributed by atoms with Crippen molar-refractivity contribution in [3.8, 4) is 22.8 Å². The summed E-state index contributed by atoms with van der Waals surface area (Å²) >= 11 is 0. The molecule has 0 aliphatic rings. The van der Waals surface area contributed by atoms with Crippen LogP contribution in [-0.4, -0.2) is 30.1 Å². The number of imidazole rings is 1. The molecule has 0 aliphatic carbocycles. The van der Waals surface area contributed by atoms with Crippen LogP contribution in [0.1, 0.15) is 12.5 Å². The molecule has 4 heterocycles. The van der Waals surface area contributed by atoms with Gasteiger partial charge in [-0.05, 0) is 42.8 Å². The van der Waals surface area contributed by atoms with E-state index in [9.17, 15) is 4.39 Å². The van der Waals surface area contributed by atoms with Gasteiger partial charge in [-0.15, -0.1) is 0 Å². The molecule has 4 aromatic heterocycles. The van der Waals surface area contributed by atoms with Crippen molar-refractivity contribution in [2.45, 2.75) is 6.92 Å². The van der Waals surface area contributed by atoms with Crippen molar-refractivity contribution in [1.82, 2.24) is 30.1 Å². The first-order valence-corrected chi connectivity index (χ1v) is 10.3. The van der Waals surface area contributed by atoms with Gasteiger partial charge < -0.3 is 10.7 Å². The smallest absolute Gasteiger partial charge is 0.159 e. The predicted molar refractivity (Wildman–Crippen MR) is 128 cm³/mol. The number of benzene rings is 1. The summed E-state index contributed by atoms with van der Waals surface area (Å²) in [5.74, 6) is 0.220. The van der Waals surface area contributed by atoms with Gasteiger partial charge in [-0.2, -0.15) is 5.10 Å². The molecule has 0 atom stereocenters. The van der Waals surface area contributed by atoms with Gasteiger partial charge in [0.05, 0.1) is 22.2 Å². The van der Waals surface area contributed by atoms with E-state index < -0.39 is 0 Å². The van der Waals surface area contributed by atoms with Crippen molar-refractivity contribution in [3.05, 3.63) is 83.0 Å². The third-order valence-corrected chi connectivity index (χ3v) is 5.31. The monoisotopic (exact) mass is 437 g/mol. The standard InChI is InChI=1S/C25H20FN7/c1-3-15(17-10-19(27)13-28-12-17)11-20-14(2)32-33-23(20)25-30-21-7-8-29-22(24(21)31-25)16-5-4-6-18(26)9-16/h3-13,32H,2,27H2,1H3,(H,30,31)/b15-3+,20-11+. The van der Waals surface area contributed by atoms with Gasteiger partial charge in [0.1, 0.15) is 17.0 Å². The maximum atomic E-state index is 13.8. The van der Waals surface area contributed by atoms with Crippen molar-refractivity contribution in [1.29, 1.82) is 0 Å². The number of hydrogen-bond acceptors (Lipinski definition) is 5. The Hall–Kier alpha value is -4.59. The highest BCUT2D eigenvalue weighted by Crippen LogP contribution is 2.27. The predicted octanol–water partition coefficient (Wildman–Crippen LogP) is 3.43. The molecular weight excluding hydrogens is 417 g/mol. The lowest BCUT2D eigenvalue weighted by molar-refractivity contribution is 0.628. The fraction of sp³-hybridized carbons (Fsp3) is 0.0400. The second kappa shape index (κ2) is 8.16. The second-order valence-electron chi connectivity index (χ2n) is 7.51. The number of pyridine rings is 2. The van der Waals surface area contributed by atoms with E-state index >= 15 is 0 Å². The van der Waals surface area contributed by atoms with Crippen LogP contribution in [0.5, 0.6) is 0 Å². The Balaban J connectivity index is 1.66. The number of halogens is 1. The topological polar surface area (TPSA) is 109 Å². The van der Waals surface area contributed by atoms with E-state index in [2.05, 4.69) is 31.7 Å². The molecule has 4 N–H and O–H groups in total. The van der Waals surface area contributed by atoms with Crippen LogP contribution in [-0.2, 0) is 0 Å². The van der Waals surface area contributed by atoms with Crippen LogP contribution in [0.15, 0.2) is 61.1 Å². The number of allylic oxidation sites excluding steroid dienone is 2. The number of aromatic nitrogens is 6. The Morgan fingerprint density at radius 2 is 2.03 bits per heavy atom. The molecule has 0 amide bonds. The van der Waals surface area contributed by atoms with Gasteiger partial charge in [0.2, 0.25) is 0 Å². The summed E-state index contributed by atoms with van der Waals surface area (Å²) in [5.41, 5.74) is 11.5. The molecule has 0 fully saturated rings. The number of anilines is 1. The lowest BCUT2D eigenvalue weighted by Crippen LogP contribution is -2.22. The first-order valence-electron chi connectivity index (χ1n) is 10.3. The van der Waals surface area contributed by atoms with Gasteiger partial charge in [0.25, 0.3) is 0 Å². The summed E-state index contributed by atoms with van der Waals surface area (Å²) in [5, 5.41) is 8.80. The average molecular weight is 437 g/mol. The number of nitrogens with one attached hydrogen (secondary N) is 2. The van der Waals surface area contributed by atoms with E-state index in [0.717, 1.165) is 21.9 Å². The van der Waals surface area contributed by atoms with Gasteiger partial charge in [-0.25, -0.2) is 9.37 Å². The zero-order valence-corrected chi connectivity index (χ0v) is 17.8. The molecule has 8 heteroatoms. The van der Waals surface area contributed by atoms with E-state index in [0.29, 0.717) is 39.3 Å². The van der Waals surface area contributed by atoms with Gasteiger partial charge in [-0.1, -0.05) is 24.8 Å². The van der Waals surface area contributed by atoms with Crippen LogP contribution >= 0.6 is 0 Å². The minimum atomic E-state index is -0.331. The van der Waals surface area contributed by atoms with Crippen molar-refractivity contribution >= 4 is 34.9 Å². The van der Waals surface area contributed by atoms with Gasteiger partial charge in [0.15, 0.2) is 5.82 Å². The zero-order valence-electron chi connectivity index (χ0n) is 17.8. The summed E-state index contributed by atoms with van der Waals surface area (Å²) in [4.78, 5) is 16.7. The molecule has 0 aliphatic heterocycles. The van der Waals surface area contributed by atoms with Crippen LogP contribution in [0.4, 0.5) is 10.1 Å². The average Bonchev–Trinajstić information content (AvgIpc) is 3.40. The number of nitrogens with zero attached hydrogens (tertiary/aromatic N) is 4. The molecule has 1 aromatic carbocycles. The highest BCUT2D eigenvalue weighted by atomic mass is 19.1. The number of hydrogen-bond donors (Lipinski definition) is 3. The fourth-order valence-electron chi connectivity index (χ4n) is 3.72. The molecule has 5 rings (SSSR count). The Kier molecular flexibility index (Phi) is 5.02. The number of rotatable bonds is 4. The molecule has 33 heavy (non-hydrogen) atoms. The van der Waals surface area contributed by atoms with Gasteiger partial charge in [-0.3, -0.25) is 15.1 Å². The molecule has 0 bridgehead atoms. The molecule has 0 saturated carbocycles. The Morgan fingerprint density at radius 1 is 1.15 bits per heavy atom. The highest BCUT2D eigenvalue weighted by molar-refractivity contribution is 5.92. The summed E-state index contributed by atoms with van der Waals surface area (Å²) in [6.45, 7) is 6.02. The zero-order chi connectivity index (χ0) is 22.9. The SMILES string of the molecule is C=c1[nH]nc(-c2nc3c(-c4cccc(F)c4)nccc3[nH]2)/c1=C/C(=C\C)c1cncc(N)c1. The maximum Gasteiger partial charge on any atom is 0.159 e. The quantitative estimate of drug-likeness (QED) is 0.399. The van der Waals surface area contributed by atoms with E-state index in [1.54, 1.807) is 30.7 Å². The molecule has 0 unspecified atom stereocenters. The fourth-order valence-corrected chi connectivity index (χ4v) is 3.72. The number of nitrogens with two attached hydrogens (primary N) is 1. The first-order chi connectivity index (χ1) is 16.0. The third-order valence-electron chi connectivity index (χ3n) is 5.31. The number of fused-ring (bicyclic) bond motifs is 1. The number of aromatic amines is 2. The summed E-state index contributed by atoms with van der Waals surface area (Å²) in [6.07, 6.45) is 8.96. The van der Waals surface area contributed by atoms with Crippen molar-refractivity contribution < 1.29 is 4.39 Å². The number of H-pyrrole nitrogens is 2. The van der Waals surface area contributed by atoms with Crippen LogP contribution in [0.25, 0.3) is 52.0 Å². The van der Waals surface area contributed by atoms with Crippen molar-refractivity contribution in [3.63, 3.8) is 0 Å². The van der Waals surface area contributed by atoms with Crippen LogP contribution in [0, 0.1) is 5.82 Å². The lowest BCUT2D eigenvalue weighted by atomic mass is 10.1. The van der Waals surface area contributed by atoms with E-state index in [-0.39, 0.29) is 5.82 Å². The molecular formula is C25H20FN7. The van der Waals surface area contributed by atoms with Crippen LogP contribution in [0.3, 0.4) is 0 Å². The molecule has 162 valence electrons. The summed E-state index contributed by atoms with van der Waals surface area (Å²) in [7, 11) is 0. The highest BCUT2D eigenvalue weighted by Gasteiger charge is 2.15. The minimum absolute atomic E-state index is 0.331. The first kappa shape index (κ1) is 20.3. The molecule has 7 nitrogen and oxygen atoms in total. The van der Waals surface area contributed by atoms with E-state index in [1.807, 2.05) is 31.2 Å². The van der Waals surface area contributed by atoms with E-state index in [4.69, 9.17) is 10.7 Å². The Labute approximate surface area is 188 Å². The minimum Gasteiger partial charge on any atom is -0.397 e. The van der Waals surface area contributed by atoms with Crippen LogP contribution < -0.4 is 16.3 Å². The van der Waals surface area contributed by atoms with Crippen molar-refractivity contribution in [2.24, 2.45) is 0 Å². The maximum absolute atomic E-state index is 13.8. The van der Waals surface area contributed by atoms with E-state index in [1.165, 1.54) is 12.1 Å². The largest absolute Gasteiger partial charge is 0.397 e. The van der Waals surface area contributed by atoms with Gasteiger partial charge >= 0.3 is 0 Å². The molecule has 5 aromatic rings. The Bertz CT molecular complexity index is 1630. The molecule has 0 radical (unpaired) electrons. The second-order valence-corrected chi connectivity index (χ2v) is 7.51. The molecule has 0 saturated heterocycles. The number of nitrogen functional groups attached to an aromatic ring is 1. The molecule has 0 spiro atoms. The Morgan fingerprint density at radius 3 is 2.82 bits per heavy atom. The van der Waals surface area contributed by atoms with Crippen molar-refractivity contribution in [2.75, 3.05) is 5.73 Å². The normalized spacial score (nSPS) is 12.5. The van der Waals surface area contributed by atoms with Gasteiger partial charge in [0, 0.05) is 34.9 Å². The third kappa shape index (κ3) is 3.78. The summed E-state index contributed by atoms with van der Waals surface area (Å²) < 4.78 is 13.8. The van der Waals surface area contributed by atoms with Crippen LogP contribution in [0.2, 0.25) is 0 Å². The lowest BCUT2D eigenvalue weighted by Gasteiger charge is -2.02. The summed E-state index contributed by atoms with van der Waals surface area (Å²) in [6, 6.07) is 9.98.